The zero-order valence-electron chi connectivity index (χ0n) is 20.2. The van der Waals surface area contributed by atoms with E-state index in [1.54, 1.807) is 25.3 Å². The van der Waals surface area contributed by atoms with Crippen LogP contribution in [0.5, 0.6) is 11.5 Å². The lowest BCUT2D eigenvalue weighted by molar-refractivity contribution is 0.00826. The lowest BCUT2D eigenvalue weighted by Gasteiger charge is -2.48. The van der Waals surface area contributed by atoms with E-state index in [9.17, 15) is 9.59 Å². The molecule has 0 saturated carbocycles. The number of ether oxygens (including phenoxy) is 2. The zero-order chi connectivity index (χ0) is 24.7. The summed E-state index contributed by atoms with van der Waals surface area (Å²) in [6.45, 7) is 0.666. The van der Waals surface area contributed by atoms with E-state index < -0.39 is 11.0 Å². The Kier molecular flexibility index (Phi) is 4.31. The second-order valence-corrected chi connectivity index (χ2v) is 10.0. The van der Waals surface area contributed by atoms with Crippen LogP contribution in [0.3, 0.4) is 0 Å². The molecule has 7 rings (SSSR count). The number of carbonyl (C=O) groups excluding carboxylic acids is 2. The molecular formula is C31H25NO4. The van der Waals surface area contributed by atoms with Gasteiger partial charge in [0.15, 0.2) is 11.6 Å². The van der Waals surface area contributed by atoms with E-state index in [1.165, 1.54) is 0 Å². The van der Waals surface area contributed by atoms with Gasteiger partial charge in [0.05, 0.1) is 12.7 Å². The van der Waals surface area contributed by atoms with Crippen molar-refractivity contribution >= 4 is 22.3 Å². The van der Waals surface area contributed by atoms with Gasteiger partial charge < -0.3 is 9.47 Å². The molecule has 3 aliphatic rings. The predicted octanol–water partition coefficient (Wildman–Crippen LogP) is 5.23. The highest BCUT2D eigenvalue weighted by Crippen LogP contribution is 2.65. The number of methoxy groups -OCH3 is 1. The summed E-state index contributed by atoms with van der Waals surface area (Å²) in [4.78, 5) is 31.7. The van der Waals surface area contributed by atoms with Crippen molar-refractivity contribution in [2.24, 2.45) is 5.41 Å². The molecule has 0 bridgehead atoms. The number of ketones is 2. The Labute approximate surface area is 209 Å². The highest BCUT2D eigenvalue weighted by atomic mass is 16.5. The van der Waals surface area contributed by atoms with E-state index in [-0.39, 0.29) is 24.1 Å². The second kappa shape index (κ2) is 7.28. The van der Waals surface area contributed by atoms with Gasteiger partial charge in [-0.1, -0.05) is 66.7 Å². The Balaban J connectivity index is 1.57. The molecule has 178 valence electrons. The van der Waals surface area contributed by atoms with Crippen LogP contribution in [0.2, 0.25) is 0 Å². The van der Waals surface area contributed by atoms with Gasteiger partial charge in [0.25, 0.3) is 0 Å². The van der Waals surface area contributed by atoms with E-state index in [0.717, 1.165) is 21.9 Å². The van der Waals surface area contributed by atoms with Gasteiger partial charge >= 0.3 is 0 Å². The van der Waals surface area contributed by atoms with Gasteiger partial charge in [-0.25, -0.2) is 0 Å². The molecule has 2 aliphatic heterocycles. The van der Waals surface area contributed by atoms with Crippen LogP contribution in [0.15, 0.2) is 84.9 Å². The van der Waals surface area contributed by atoms with Crippen LogP contribution in [0.1, 0.15) is 37.8 Å². The number of likely N-dealkylation sites (tertiary alicyclic amines) is 1. The molecule has 2 heterocycles. The first-order valence-corrected chi connectivity index (χ1v) is 12.2. The fraction of sp³-hybridized carbons (Fsp3) is 0.226. The van der Waals surface area contributed by atoms with Gasteiger partial charge in [-0.15, -0.1) is 0 Å². The van der Waals surface area contributed by atoms with Crippen molar-refractivity contribution in [3.8, 4) is 11.5 Å². The molecule has 4 aromatic carbocycles. The van der Waals surface area contributed by atoms with E-state index >= 15 is 0 Å². The molecule has 3 atom stereocenters. The summed E-state index contributed by atoms with van der Waals surface area (Å²) in [7, 11) is 3.56. The number of carbonyl (C=O) groups is 2. The summed E-state index contributed by atoms with van der Waals surface area (Å²) in [6.07, 6.45) is 0. The number of rotatable bonds is 2. The van der Waals surface area contributed by atoms with Crippen LogP contribution < -0.4 is 9.47 Å². The first-order chi connectivity index (χ1) is 17.5. The number of hydrogen-bond acceptors (Lipinski definition) is 5. The number of likely N-dealkylation sites (N-methyl/N-ethyl adjacent to an activating group) is 1. The third-order valence-corrected chi connectivity index (χ3v) is 8.63. The first-order valence-electron chi connectivity index (χ1n) is 12.2. The van der Waals surface area contributed by atoms with E-state index in [0.29, 0.717) is 29.2 Å². The molecule has 1 saturated heterocycles. The molecule has 4 aromatic rings. The predicted molar refractivity (Wildman–Crippen MR) is 137 cm³/mol. The van der Waals surface area contributed by atoms with Gasteiger partial charge in [-0.3, -0.25) is 14.5 Å². The zero-order valence-corrected chi connectivity index (χ0v) is 20.2. The standard InChI is InChI=1S/C31H25NO4/c1-32-17-25(19-8-4-3-5-9-19)30(18-36-26-15-14-21(35-2)16-23(26)28(30)33)31(32)24-13-7-11-20-10-6-12-22(27(20)24)29(31)34/h3-16,25H,17-18H2,1-2H3/t25-,30+,31+/m1/s1. The number of fused-ring (bicyclic) bond motifs is 3. The maximum atomic E-state index is 14.9. The van der Waals surface area contributed by atoms with Crippen LogP contribution >= 0.6 is 0 Å². The van der Waals surface area contributed by atoms with Crippen molar-refractivity contribution in [2.75, 3.05) is 27.3 Å². The molecule has 0 radical (unpaired) electrons. The number of benzene rings is 4. The average molecular weight is 476 g/mol. The fourth-order valence-electron chi connectivity index (χ4n) is 7.17. The van der Waals surface area contributed by atoms with Gasteiger partial charge in [0, 0.05) is 18.0 Å². The van der Waals surface area contributed by atoms with Gasteiger partial charge in [-0.05, 0) is 47.1 Å². The molecule has 5 nitrogen and oxygen atoms in total. The molecule has 1 aliphatic carbocycles. The Morgan fingerprint density at radius 1 is 0.889 bits per heavy atom. The SMILES string of the molecule is COc1ccc2c(c1)C(=O)[C@]1(CO2)[C@@H](c2ccccc2)CN(C)[C@@]12C(=O)c1cccc3cccc2c13. The van der Waals surface area contributed by atoms with E-state index in [4.69, 9.17) is 9.47 Å². The first kappa shape index (κ1) is 21.3. The van der Waals surface area contributed by atoms with Gasteiger partial charge in [0.1, 0.15) is 29.1 Å². The van der Waals surface area contributed by atoms with Crippen LogP contribution in [0.4, 0.5) is 0 Å². The Hall–Kier alpha value is -3.96. The largest absolute Gasteiger partial charge is 0.497 e. The topological polar surface area (TPSA) is 55.8 Å². The number of Topliss-reactive ketones (excluding diaryl/α,β-unsaturated/α-hetero) is 2. The quantitative estimate of drug-likeness (QED) is 0.397. The fourth-order valence-corrected chi connectivity index (χ4v) is 7.17. The smallest absolute Gasteiger partial charge is 0.189 e. The number of nitrogens with zero attached hydrogens (tertiary/aromatic N) is 1. The van der Waals surface area contributed by atoms with Crippen molar-refractivity contribution in [2.45, 2.75) is 11.5 Å². The Bertz CT molecular complexity index is 1570. The van der Waals surface area contributed by atoms with Crippen molar-refractivity contribution in [1.82, 2.24) is 4.90 Å². The Morgan fingerprint density at radius 3 is 2.44 bits per heavy atom. The summed E-state index contributed by atoms with van der Waals surface area (Å²) in [5.41, 5.74) is 0.714. The van der Waals surface area contributed by atoms with Gasteiger partial charge in [-0.2, -0.15) is 0 Å². The minimum absolute atomic E-state index is 0.0291. The summed E-state index contributed by atoms with van der Waals surface area (Å²) >= 11 is 0. The molecule has 5 heteroatoms. The molecule has 1 fully saturated rings. The normalized spacial score (nSPS) is 26.6. The van der Waals surface area contributed by atoms with Crippen molar-refractivity contribution in [3.63, 3.8) is 0 Å². The molecule has 36 heavy (non-hydrogen) atoms. The summed E-state index contributed by atoms with van der Waals surface area (Å²) in [6, 6.07) is 27.3. The van der Waals surface area contributed by atoms with Gasteiger partial charge in [0.2, 0.25) is 0 Å². The lowest BCUT2D eigenvalue weighted by atomic mass is 9.57. The minimum Gasteiger partial charge on any atom is -0.497 e. The van der Waals surface area contributed by atoms with Crippen molar-refractivity contribution in [3.05, 3.63) is 107 Å². The summed E-state index contributed by atoms with van der Waals surface area (Å²) in [5.74, 6) is 0.772. The van der Waals surface area contributed by atoms with Crippen molar-refractivity contribution in [1.29, 1.82) is 0 Å². The van der Waals surface area contributed by atoms with Crippen LogP contribution in [-0.2, 0) is 5.54 Å². The van der Waals surface area contributed by atoms with E-state index in [1.807, 2.05) is 61.6 Å². The van der Waals surface area contributed by atoms with Crippen molar-refractivity contribution < 1.29 is 19.1 Å². The summed E-state index contributed by atoms with van der Waals surface area (Å²) < 4.78 is 11.9. The molecule has 0 N–H and O–H groups in total. The average Bonchev–Trinajstić information content (AvgIpc) is 3.34. The third kappa shape index (κ3) is 2.34. The van der Waals surface area contributed by atoms with Crippen LogP contribution in [0.25, 0.3) is 10.8 Å². The summed E-state index contributed by atoms with van der Waals surface area (Å²) in [5, 5.41) is 1.95. The maximum absolute atomic E-state index is 14.9. The monoisotopic (exact) mass is 475 g/mol. The third-order valence-electron chi connectivity index (χ3n) is 8.63. The molecular weight excluding hydrogens is 450 g/mol. The molecule has 0 amide bonds. The van der Waals surface area contributed by atoms with Crippen LogP contribution in [-0.4, -0.2) is 43.8 Å². The number of hydrogen-bond donors (Lipinski definition) is 0. The van der Waals surface area contributed by atoms with E-state index in [2.05, 4.69) is 17.0 Å². The lowest BCUT2D eigenvalue weighted by Crippen LogP contribution is -2.61. The molecule has 0 unspecified atom stereocenters. The highest BCUT2D eigenvalue weighted by Gasteiger charge is 2.74. The highest BCUT2D eigenvalue weighted by molar-refractivity contribution is 6.24. The van der Waals surface area contributed by atoms with Crippen LogP contribution in [0, 0.1) is 5.41 Å². The molecule has 0 aromatic heterocycles. The second-order valence-electron chi connectivity index (χ2n) is 10.0. The Morgan fingerprint density at radius 2 is 1.67 bits per heavy atom. The molecule has 2 spiro atoms. The minimum atomic E-state index is -1.19. The maximum Gasteiger partial charge on any atom is 0.189 e.